The zero-order chi connectivity index (χ0) is 15.0. The predicted molar refractivity (Wildman–Crippen MR) is 89.5 cm³/mol. The highest BCUT2D eigenvalue weighted by molar-refractivity contribution is 9.10. The highest BCUT2D eigenvalue weighted by Crippen LogP contribution is 2.37. The first-order valence-electron chi connectivity index (χ1n) is 6.73. The van der Waals surface area contributed by atoms with Crippen LogP contribution in [-0.2, 0) is 5.54 Å². The molecule has 1 aromatic carbocycles. The van der Waals surface area contributed by atoms with Gasteiger partial charge in [0.25, 0.3) is 5.89 Å². The summed E-state index contributed by atoms with van der Waals surface area (Å²) in [5.41, 5.74) is 5.75. The Morgan fingerprint density at radius 1 is 1.45 bits per heavy atom. The van der Waals surface area contributed by atoms with Gasteiger partial charge in [0.15, 0.2) is 11.9 Å². The normalized spacial score (nSPS) is 17.3. The summed E-state index contributed by atoms with van der Waals surface area (Å²) in [6.07, 6.45) is 2.52. The van der Waals surface area contributed by atoms with Gasteiger partial charge in [-0.25, -0.2) is 0 Å². The second-order valence-corrected chi connectivity index (χ2v) is 6.59. The second kappa shape index (κ2) is 6.74. The number of nitrogens with two attached hydrogens (primary N) is 1. The zero-order valence-corrected chi connectivity index (χ0v) is 15.0. The van der Waals surface area contributed by atoms with Crippen LogP contribution < -0.4 is 10.5 Å². The Morgan fingerprint density at radius 3 is 2.77 bits per heavy atom. The minimum absolute atomic E-state index is 0. The quantitative estimate of drug-likeness (QED) is 0.811. The van der Waals surface area contributed by atoms with Crippen molar-refractivity contribution in [2.45, 2.75) is 37.8 Å². The first-order valence-corrected chi connectivity index (χ1v) is 7.90. The van der Waals surface area contributed by atoms with E-state index >= 15 is 0 Å². The average molecular weight is 409 g/mol. The SMILES string of the molecule is CC(Oc1ccc(Cl)cc1Br)c1nc(C2(N)CCC2)no1.Cl. The summed E-state index contributed by atoms with van der Waals surface area (Å²) >= 11 is 9.32. The van der Waals surface area contributed by atoms with Gasteiger partial charge in [-0.1, -0.05) is 16.8 Å². The van der Waals surface area contributed by atoms with Crippen molar-refractivity contribution in [3.63, 3.8) is 0 Å². The molecule has 2 N–H and O–H groups in total. The number of ether oxygens (including phenoxy) is 1. The lowest BCUT2D eigenvalue weighted by Gasteiger charge is -2.34. The molecule has 3 rings (SSSR count). The van der Waals surface area contributed by atoms with E-state index in [4.69, 9.17) is 26.6 Å². The lowest BCUT2D eigenvalue weighted by atomic mass is 9.77. The topological polar surface area (TPSA) is 74.2 Å². The van der Waals surface area contributed by atoms with Crippen molar-refractivity contribution in [3.05, 3.63) is 39.4 Å². The van der Waals surface area contributed by atoms with Crippen molar-refractivity contribution in [3.8, 4) is 5.75 Å². The molecule has 0 bridgehead atoms. The fourth-order valence-corrected chi connectivity index (χ4v) is 2.97. The molecular weight excluding hydrogens is 393 g/mol. The van der Waals surface area contributed by atoms with Gasteiger partial charge in [0.05, 0.1) is 10.0 Å². The third kappa shape index (κ3) is 3.40. The molecule has 1 aliphatic carbocycles. The number of hydrogen-bond donors (Lipinski definition) is 1. The van der Waals surface area contributed by atoms with Crippen molar-refractivity contribution >= 4 is 39.9 Å². The number of benzene rings is 1. The van der Waals surface area contributed by atoms with Gasteiger partial charge in [0, 0.05) is 5.02 Å². The van der Waals surface area contributed by atoms with Crippen molar-refractivity contribution in [1.29, 1.82) is 0 Å². The third-order valence-corrected chi connectivity index (χ3v) is 4.53. The molecule has 5 nitrogen and oxygen atoms in total. The van der Waals surface area contributed by atoms with Crippen LogP contribution in [0.4, 0.5) is 0 Å². The molecule has 1 aromatic heterocycles. The maximum atomic E-state index is 6.18. The molecule has 1 heterocycles. The summed E-state index contributed by atoms with van der Waals surface area (Å²) in [4.78, 5) is 4.38. The summed E-state index contributed by atoms with van der Waals surface area (Å²) in [6, 6.07) is 5.32. The summed E-state index contributed by atoms with van der Waals surface area (Å²) in [7, 11) is 0. The largest absolute Gasteiger partial charge is 0.480 e. The van der Waals surface area contributed by atoms with Crippen LogP contribution in [0.15, 0.2) is 27.2 Å². The molecule has 22 heavy (non-hydrogen) atoms. The van der Waals surface area contributed by atoms with Gasteiger partial charge >= 0.3 is 0 Å². The Labute approximate surface area is 148 Å². The first kappa shape index (κ1) is 17.5. The van der Waals surface area contributed by atoms with E-state index in [-0.39, 0.29) is 18.5 Å². The molecule has 8 heteroatoms. The van der Waals surface area contributed by atoms with Gasteiger partial charge in [-0.05, 0) is 60.3 Å². The maximum Gasteiger partial charge on any atom is 0.267 e. The smallest absolute Gasteiger partial charge is 0.267 e. The Hall–Kier alpha value is -0.820. The molecule has 120 valence electrons. The molecule has 1 aliphatic rings. The van der Waals surface area contributed by atoms with Crippen LogP contribution in [0.25, 0.3) is 0 Å². The fraction of sp³-hybridized carbons (Fsp3) is 0.429. The molecule has 0 spiro atoms. The number of nitrogens with zero attached hydrogens (tertiary/aromatic N) is 2. The van der Waals surface area contributed by atoms with E-state index < -0.39 is 5.54 Å². The van der Waals surface area contributed by atoms with E-state index in [0.29, 0.717) is 22.5 Å². The molecule has 1 atom stereocenters. The van der Waals surface area contributed by atoms with Crippen molar-refractivity contribution in [2.24, 2.45) is 5.73 Å². The summed E-state index contributed by atoms with van der Waals surface area (Å²) in [5, 5.41) is 4.62. The minimum atomic E-state index is -0.428. The minimum Gasteiger partial charge on any atom is -0.480 e. The summed E-state index contributed by atoms with van der Waals surface area (Å²) in [5.74, 6) is 1.65. The highest BCUT2D eigenvalue weighted by Gasteiger charge is 2.39. The first-order chi connectivity index (χ1) is 9.98. The maximum absolute atomic E-state index is 6.18. The van der Waals surface area contributed by atoms with Gasteiger partial charge < -0.3 is 15.0 Å². The predicted octanol–water partition coefficient (Wildman–Crippen LogP) is 4.39. The average Bonchev–Trinajstić information content (AvgIpc) is 2.89. The standard InChI is InChI=1S/C14H15BrClN3O2.ClH/c1-8(20-11-4-3-9(16)7-10(11)15)12-18-13(19-21-12)14(17)5-2-6-14;/h3-4,7-8H,2,5-6,17H2,1H3;1H. The van der Waals surface area contributed by atoms with Crippen LogP contribution in [0.3, 0.4) is 0 Å². The molecular formula is C14H16BrCl2N3O2. The van der Waals surface area contributed by atoms with E-state index in [1.807, 2.05) is 6.92 Å². The number of halogens is 3. The molecule has 0 saturated heterocycles. The van der Waals surface area contributed by atoms with Gasteiger partial charge in [-0.2, -0.15) is 4.98 Å². The molecule has 1 fully saturated rings. The van der Waals surface area contributed by atoms with Crippen LogP contribution in [0.1, 0.15) is 44.0 Å². The van der Waals surface area contributed by atoms with Crippen LogP contribution in [0, 0.1) is 0 Å². The highest BCUT2D eigenvalue weighted by atomic mass is 79.9. The van der Waals surface area contributed by atoms with Gasteiger partial charge in [-0.3, -0.25) is 0 Å². The van der Waals surface area contributed by atoms with Crippen LogP contribution >= 0.6 is 39.9 Å². The van der Waals surface area contributed by atoms with Crippen molar-refractivity contribution in [2.75, 3.05) is 0 Å². The summed E-state index contributed by atoms with van der Waals surface area (Å²) in [6.45, 7) is 1.85. The Bertz CT molecular complexity index is 661. The fourth-order valence-electron chi connectivity index (χ4n) is 2.20. The molecule has 0 amide bonds. The number of rotatable bonds is 4. The Morgan fingerprint density at radius 2 is 2.18 bits per heavy atom. The second-order valence-electron chi connectivity index (χ2n) is 5.30. The number of aromatic nitrogens is 2. The van der Waals surface area contributed by atoms with Crippen molar-refractivity contribution < 1.29 is 9.26 Å². The van der Waals surface area contributed by atoms with E-state index in [1.165, 1.54) is 0 Å². The van der Waals surface area contributed by atoms with E-state index in [0.717, 1.165) is 23.7 Å². The van der Waals surface area contributed by atoms with Crippen LogP contribution in [-0.4, -0.2) is 10.1 Å². The monoisotopic (exact) mass is 407 g/mol. The summed E-state index contributed by atoms with van der Waals surface area (Å²) < 4.78 is 11.9. The number of hydrogen-bond acceptors (Lipinski definition) is 5. The molecule has 1 saturated carbocycles. The lowest BCUT2D eigenvalue weighted by molar-refractivity contribution is 0.173. The zero-order valence-electron chi connectivity index (χ0n) is 11.9. The van der Waals surface area contributed by atoms with Gasteiger partial charge in [0.1, 0.15) is 5.75 Å². The van der Waals surface area contributed by atoms with Gasteiger partial charge in [0.2, 0.25) is 0 Å². The lowest BCUT2D eigenvalue weighted by Crippen LogP contribution is -2.44. The Kier molecular flexibility index (Phi) is 5.37. The van der Waals surface area contributed by atoms with E-state index in [2.05, 4.69) is 26.1 Å². The van der Waals surface area contributed by atoms with Crippen LogP contribution in [0.5, 0.6) is 5.75 Å². The Balaban J connectivity index is 0.00000176. The van der Waals surface area contributed by atoms with E-state index in [9.17, 15) is 0 Å². The van der Waals surface area contributed by atoms with Gasteiger partial charge in [-0.15, -0.1) is 12.4 Å². The van der Waals surface area contributed by atoms with Crippen molar-refractivity contribution in [1.82, 2.24) is 10.1 Å². The molecule has 2 aromatic rings. The molecule has 0 aliphatic heterocycles. The van der Waals surface area contributed by atoms with E-state index in [1.54, 1.807) is 18.2 Å². The molecule has 1 unspecified atom stereocenters. The van der Waals surface area contributed by atoms with Crippen LogP contribution in [0.2, 0.25) is 5.02 Å². The third-order valence-electron chi connectivity index (χ3n) is 3.68. The molecule has 0 radical (unpaired) electrons.